The number of carbonyl (C=O) groups excluding carboxylic acids is 3. The van der Waals surface area contributed by atoms with E-state index in [1.54, 1.807) is 0 Å². The topological polar surface area (TPSA) is 123 Å². The van der Waals surface area contributed by atoms with Crippen molar-refractivity contribution in [1.29, 1.82) is 0 Å². The van der Waals surface area contributed by atoms with Gasteiger partial charge in [0.05, 0.1) is 6.04 Å². The predicted octanol–water partition coefficient (Wildman–Crippen LogP) is 7.97. The van der Waals surface area contributed by atoms with E-state index in [1.165, 1.54) is 25.7 Å². The lowest BCUT2D eigenvalue weighted by Crippen LogP contribution is -2.51. The van der Waals surface area contributed by atoms with Gasteiger partial charge in [-0.3, -0.25) is 9.59 Å². The number of carbonyl (C=O) groups is 3. The summed E-state index contributed by atoms with van der Waals surface area (Å²) >= 11 is 4.48. The average molecular weight is 877 g/mol. The third-order valence-electron chi connectivity index (χ3n) is 8.95. The molecule has 11 heteroatoms. The minimum atomic E-state index is -0.587. The number of alkyl carbamates (subject to hydrolysis) is 1. The van der Waals surface area contributed by atoms with Crippen LogP contribution >= 0.6 is 57.6 Å². The Morgan fingerprint density at radius 2 is 1.07 bits per heavy atom. The van der Waals surface area contributed by atoms with E-state index in [0.29, 0.717) is 29.6 Å². The number of amides is 3. The first-order valence-corrected chi connectivity index (χ1v) is 18.4. The van der Waals surface area contributed by atoms with Gasteiger partial charge in [-0.2, -0.15) is 0 Å². The van der Waals surface area contributed by atoms with Gasteiger partial charge in [-0.05, 0) is 201 Å². The zero-order chi connectivity index (χ0) is 32.3. The van der Waals surface area contributed by atoms with Crippen LogP contribution in [0.5, 0.6) is 0 Å². The summed E-state index contributed by atoms with van der Waals surface area (Å²) in [5.41, 5.74) is 7.21. The molecule has 8 nitrogen and oxygen atoms in total. The summed E-state index contributed by atoms with van der Waals surface area (Å²) in [5, 5.41) is 8.79. The molecule has 0 aliphatic heterocycles. The normalized spacial score (nSPS) is 18.8. The van der Waals surface area contributed by atoms with Crippen molar-refractivity contribution >= 4 is 86.9 Å². The zero-order valence-electron chi connectivity index (χ0n) is 26.8. The van der Waals surface area contributed by atoms with E-state index < -0.39 is 17.7 Å². The first kappa shape index (κ1) is 37.2. The lowest BCUT2D eigenvalue weighted by atomic mass is 9.88. The second-order valence-corrected chi connectivity index (χ2v) is 16.6. The molecule has 5 N–H and O–H groups in total. The number of nitrogens with one attached hydrogen (secondary N) is 3. The van der Waals surface area contributed by atoms with Crippen molar-refractivity contribution in [2.24, 2.45) is 41.2 Å². The van der Waals surface area contributed by atoms with Crippen LogP contribution in [0, 0.1) is 42.6 Å². The van der Waals surface area contributed by atoms with Gasteiger partial charge in [0.2, 0.25) is 11.8 Å². The number of halogens is 3. The molecule has 2 atom stereocenters. The van der Waals surface area contributed by atoms with Gasteiger partial charge >= 0.3 is 6.09 Å². The number of anilines is 2. The van der Waals surface area contributed by atoms with E-state index in [0.717, 1.165) is 44.2 Å². The fourth-order valence-corrected chi connectivity index (χ4v) is 7.00. The molecule has 0 spiro atoms. The van der Waals surface area contributed by atoms with Gasteiger partial charge in [0.1, 0.15) is 11.6 Å². The predicted molar refractivity (Wildman–Crippen MR) is 202 cm³/mol. The molecule has 46 heavy (non-hydrogen) atoms. The van der Waals surface area contributed by atoms with Crippen molar-refractivity contribution in [3.63, 3.8) is 0 Å². The van der Waals surface area contributed by atoms with Gasteiger partial charge in [0, 0.05) is 18.5 Å². The Bertz CT molecular complexity index is 1310. The van der Waals surface area contributed by atoms with E-state index in [2.05, 4.69) is 61.1 Å². The van der Waals surface area contributed by atoms with Crippen LogP contribution in [-0.4, -0.2) is 35.6 Å². The molecule has 3 amide bonds. The smallest absolute Gasteiger partial charge is 0.408 e. The fraction of sp³-hybridized carbons (Fsp3) is 0.571. The number of hydrogen-bond donors (Lipinski definition) is 4. The lowest BCUT2D eigenvalue weighted by Gasteiger charge is -2.29. The molecular weight excluding hydrogens is 830 g/mol. The maximum Gasteiger partial charge on any atom is 0.408 e. The minimum absolute atomic E-state index is 0. The summed E-state index contributed by atoms with van der Waals surface area (Å²) in [6.45, 7) is 5.48. The van der Waals surface area contributed by atoms with Crippen LogP contribution in [0.4, 0.5) is 16.2 Å². The molecular formula is C35H47ClI2N4O4. The Kier molecular flexibility index (Phi) is 13.1. The number of hydrogen-bond acceptors (Lipinski definition) is 5. The Morgan fingerprint density at radius 1 is 0.696 bits per heavy atom. The molecule has 0 aromatic heterocycles. The molecule has 0 saturated heterocycles. The molecule has 0 heterocycles. The van der Waals surface area contributed by atoms with Crippen LogP contribution in [0.15, 0.2) is 48.5 Å². The fourth-order valence-electron chi connectivity index (χ4n) is 6.28. The van der Waals surface area contributed by atoms with Crippen LogP contribution in [0.1, 0.15) is 72.1 Å². The third kappa shape index (κ3) is 11.5. The summed E-state index contributed by atoms with van der Waals surface area (Å²) < 4.78 is 7.67. The molecule has 2 aromatic carbocycles. The molecule has 6 rings (SSSR count). The van der Waals surface area contributed by atoms with Gasteiger partial charge in [0.15, 0.2) is 0 Å². The maximum absolute atomic E-state index is 13.0. The van der Waals surface area contributed by atoms with Gasteiger partial charge in [-0.15, -0.1) is 12.4 Å². The molecule has 4 aliphatic carbocycles. The highest BCUT2D eigenvalue weighted by molar-refractivity contribution is 14.1. The van der Waals surface area contributed by atoms with E-state index in [1.807, 2.05) is 69.3 Å². The molecule has 0 bridgehead atoms. The van der Waals surface area contributed by atoms with E-state index in [9.17, 15) is 14.4 Å². The Balaban J connectivity index is 0.000000213. The number of ether oxygens (including phenoxy) is 1. The van der Waals surface area contributed by atoms with Gasteiger partial charge in [-0.1, -0.05) is 0 Å². The summed E-state index contributed by atoms with van der Waals surface area (Å²) in [6.07, 6.45) is 9.07. The second kappa shape index (κ2) is 16.2. The molecule has 4 aliphatic rings. The molecule has 4 fully saturated rings. The second-order valence-electron chi connectivity index (χ2n) is 14.1. The quantitative estimate of drug-likeness (QED) is 0.171. The van der Waals surface area contributed by atoms with Crippen LogP contribution < -0.4 is 21.7 Å². The van der Waals surface area contributed by atoms with Crippen molar-refractivity contribution in [3.8, 4) is 0 Å². The van der Waals surface area contributed by atoms with Gasteiger partial charge < -0.3 is 26.4 Å². The number of rotatable bonds is 11. The number of benzene rings is 2. The Labute approximate surface area is 306 Å². The average Bonchev–Trinajstić information content (AvgIpc) is 3.81. The summed E-state index contributed by atoms with van der Waals surface area (Å²) in [6, 6.07) is 14.6. The highest BCUT2D eigenvalue weighted by Crippen LogP contribution is 2.51. The van der Waals surface area contributed by atoms with E-state index in [4.69, 9.17) is 10.5 Å². The van der Waals surface area contributed by atoms with Crippen molar-refractivity contribution < 1.29 is 19.1 Å². The highest BCUT2D eigenvalue weighted by atomic mass is 127. The van der Waals surface area contributed by atoms with Crippen LogP contribution in [-0.2, 0) is 14.3 Å². The summed E-state index contributed by atoms with van der Waals surface area (Å²) in [7, 11) is 0. The Hall–Kier alpha value is -1.64. The molecule has 4 saturated carbocycles. The largest absolute Gasteiger partial charge is 0.444 e. The van der Waals surface area contributed by atoms with E-state index in [-0.39, 0.29) is 36.2 Å². The van der Waals surface area contributed by atoms with Gasteiger partial charge in [-0.25, -0.2) is 4.79 Å². The van der Waals surface area contributed by atoms with E-state index >= 15 is 0 Å². The highest BCUT2D eigenvalue weighted by Gasteiger charge is 2.49. The lowest BCUT2D eigenvalue weighted by molar-refractivity contribution is -0.120. The van der Waals surface area contributed by atoms with Crippen molar-refractivity contribution in [1.82, 2.24) is 5.32 Å². The van der Waals surface area contributed by atoms with Crippen molar-refractivity contribution in [2.75, 3.05) is 10.6 Å². The first-order chi connectivity index (χ1) is 21.4. The molecule has 2 aromatic rings. The SMILES string of the molecule is CC(C)(C)OC(=O)N[C@H](C(=O)Nc1ccc(I)cc1)C(C1CC1)C1CC1.Cl.N[C@H](C(=O)Nc1ccc(I)cc1)C(C1CC1)C1CC1. The maximum atomic E-state index is 13.0. The third-order valence-corrected chi connectivity index (χ3v) is 10.4. The zero-order valence-corrected chi connectivity index (χ0v) is 31.9. The molecule has 252 valence electrons. The van der Waals surface area contributed by atoms with Crippen LogP contribution in [0.25, 0.3) is 0 Å². The summed E-state index contributed by atoms with van der Waals surface area (Å²) in [5.74, 6) is 2.89. The van der Waals surface area contributed by atoms with Gasteiger partial charge in [0.25, 0.3) is 0 Å². The standard InChI is InChI=1S/C20H27IN2O3.C15H19IN2O.ClH/c1-20(2,3)26-19(25)23-17(16(12-4-5-12)13-6-7-13)18(24)22-15-10-8-14(21)9-11-15;16-11-5-7-12(8-6-11)18-15(19)14(17)13(9-1-2-9)10-3-4-10;/h8-13,16-17H,4-7H2,1-3H3,(H,22,24)(H,23,25);5-10,13-14H,1-4,17H2,(H,18,19);1H/t17-;14-;/m00./s1. The van der Waals surface area contributed by atoms with Crippen LogP contribution in [0.3, 0.4) is 0 Å². The minimum Gasteiger partial charge on any atom is -0.444 e. The number of nitrogens with two attached hydrogens (primary N) is 1. The molecule has 0 unspecified atom stereocenters. The van der Waals surface area contributed by atoms with Crippen molar-refractivity contribution in [2.45, 2.75) is 89.8 Å². The molecule has 0 radical (unpaired) electrons. The monoisotopic (exact) mass is 876 g/mol. The van der Waals surface area contributed by atoms with Crippen LogP contribution in [0.2, 0.25) is 0 Å². The first-order valence-electron chi connectivity index (χ1n) is 16.3. The summed E-state index contributed by atoms with van der Waals surface area (Å²) in [4.78, 5) is 37.6. The Morgan fingerprint density at radius 3 is 1.43 bits per heavy atom. The van der Waals surface area contributed by atoms with Crippen molar-refractivity contribution in [3.05, 3.63) is 55.7 Å².